The van der Waals surface area contributed by atoms with Crippen molar-refractivity contribution in [2.75, 3.05) is 23.1 Å². The predicted molar refractivity (Wildman–Crippen MR) is 136 cm³/mol. The number of hydrogen-bond donors (Lipinski definition) is 1. The summed E-state index contributed by atoms with van der Waals surface area (Å²) in [6.07, 6.45) is 0. The van der Waals surface area contributed by atoms with E-state index in [-0.39, 0.29) is 17.3 Å². The molecular weight excluding hydrogens is 532 g/mol. The maximum atomic E-state index is 13.3. The van der Waals surface area contributed by atoms with Gasteiger partial charge in [-0.15, -0.1) is 0 Å². The van der Waals surface area contributed by atoms with Gasteiger partial charge in [-0.1, -0.05) is 70.0 Å². The van der Waals surface area contributed by atoms with Gasteiger partial charge in [0, 0.05) is 27.5 Å². The quantitative estimate of drug-likeness (QED) is 0.344. The Kier molecular flexibility index (Phi) is 9.04. The van der Waals surface area contributed by atoms with Gasteiger partial charge in [-0.2, -0.15) is 11.8 Å². The Hall–Kier alpha value is -2.00. The van der Waals surface area contributed by atoms with E-state index >= 15 is 0 Å². The molecular formula is C23H22BrClN2O3S2. The van der Waals surface area contributed by atoms with Crippen molar-refractivity contribution in [2.45, 2.75) is 10.6 Å². The largest absolute Gasteiger partial charge is 0.354 e. The van der Waals surface area contributed by atoms with Crippen molar-refractivity contribution in [1.82, 2.24) is 5.32 Å². The molecule has 0 unspecified atom stereocenters. The molecule has 0 fully saturated rings. The lowest BCUT2D eigenvalue weighted by atomic mass is 10.2. The van der Waals surface area contributed by atoms with Gasteiger partial charge in [0.15, 0.2) is 0 Å². The van der Waals surface area contributed by atoms with Crippen molar-refractivity contribution in [3.05, 3.63) is 93.9 Å². The second kappa shape index (κ2) is 11.7. The molecule has 0 aliphatic rings. The molecule has 0 saturated heterocycles. The highest BCUT2D eigenvalue weighted by Gasteiger charge is 2.27. The number of amides is 1. The van der Waals surface area contributed by atoms with Crippen LogP contribution in [0.5, 0.6) is 0 Å². The zero-order valence-electron chi connectivity index (χ0n) is 17.1. The molecule has 1 N–H and O–H groups in total. The van der Waals surface area contributed by atoms with E-state index in [9.17, 15) is 13.2 Å². The van der Waals surface area contributed by atoms with Gasteiger partial charge in [0.25, 0.3) is 10.0 Å². The molecule has 3 aromatic rings. The molecule has 0 radical (unpaired) electrons. The van der Waals surface area contributed by atoms with E-state index in [1.54, 1.807) is 54.2 Å². The van der Waals surface area contributed by atoms with E-state index in [1.807, 2.05) is 24.3 Å². The number of nitrogens with zero attached hydrogens (tertiary/aromatic N) is 1. The molecule has 5 nitrogen and oxygen atoms in total. The average Bonchev–Trinajstić information content (AvgIpc) is 2.79. The average molecular weight is 554 g/mol. The Morgan fingerprint density at radius 2 is 1.72 bits per heavy atom. The molecule has 0 heterocycles. The van der Waals surface area contributed by atoms with E-state index in [1.165, 1.54) is 12.1 Å². The van der Waals surface area contributed by atoms with Crippen LogP contribution in [0.15, 0.2) is 88.2 Å². The zero-order valence-corrected chi connectivity index (χ0v) is 21.1. The molecule has 0 atom stereocenters. The van der Waals surface area contributed by atoms with E-state index in [0.717, 1.165) is 25.1 Å². The molecule has 9 heteroatoms. The third-order valence-electron chi connectivity index (χ3n) is 4.50. The predicted octanol–water partition coefficient (Wildman–Crippen LogP) is 5.35. The van der Waals surface area contributed by atoms with Gasteiger partial charge in [0.1, 0.15) is 6.54 Å². The molecule has 0 aliphatic heterocycles. The summed E-state index contributed by atoms with van der Waals surface area (Å²) in [5, 5.41) is 3.53. The molecule has 3 aromatic carbocycles. The number of halogens is 2. The number of thioether (sulfide) groups is 1. The van der Waals surface area contributed by atoms with E-state index in [2.05, 4.69) is 21.2 Å². The lowest BCUT2D eigenvalue weighted by Crippen LogP contribution is -2.41. The fourth-order valence-electron chi connectivity index (χ4n) is 2.91. The topological polar surface area (TPSA) is 66.5 Å². The lowest BCUT2D eigenvalue weighted by Gasteiger charge is -2.24. The highest BCUT2D eigenvalue weighted by atomic mass is 79.9. The summed E-state index contributed by atoms with van der Waals surface area (Å²) in [7, 11) is -3.91. The molecule has 0 saturated carbocycles. The second-order valence-electron chi connectivity index (χ2n) is 6.80. The van der Waals surface area contributed by atoms with Crippen LogP contribution < -0.4 is 9.62 Å². The Morgan fingerprint density at radius 3 is 2.44 bits per heavy atom. The molecule has 168 valence electrons. The normalized spacial score (nSPS) is 11.2. The van der Waals surface area contributed by atoms with Crippen molar-refractivity contribution in [3.63, 3.8) is 0 Å². The van der Waals surface area contributed by atoms with Crippen LogP contribution in [0.25, 0.3) is 0 Å². The van der Waals surface area contributed by atoms with E-state index < -0.39 is 10.0 Å². The molecule has 0 bridgehead atoms. The Morgan fingerprint density at radius 1 is 1.00 bits per heavy atom. The van der Waals surface area contributed by atoms with Crippen LogP contribution in [0.4, 0.5) is 5.69 Å². The van der Waals surface area contributed by atoms with Crippen LogP contribution in [0, 0.1) is 0 Å². The summed E-state index contributed by atoms with van der Waals surface area (Å²) < 4.78 is 28.4. The van der Waals surface area contributed by atoms with Crippen LogP contribution in [-0.4, -0.2) is 33.2 Å². The number of benzene rings is 3. The highest BCUT2D eigenvalue weighted by molar-refractivity contribution is 9.10. The van der Waals surface area contributed by atoms with Gasteiger partial charge < -0.3 is 5.32 Å². The van der Waals surface area contributed by atoms with Gasteiger partial charge >= 0.3 is 0 Å². The molecule has 0 aromatic heterocycles. The Labute approximate surface area is 206 Å². The van der Waals surface area contributed by atoms with Gasteiger partial charge in [0.2, 0.25) is 5.91 Å². The van der Waals surface area contributed by atoms with Crippen molar-refractivity contribution in [3.8, 4) is 0 Å². The monoisotopic (exact) mass is 552 g/mol. The summed E-state index contributed by atoms with van der Waals surface area (Å²) in [6, 6.07) is 22.6. The first-order valence-electron chi connectivity index (χ1n) is 9.79. The third-order valence-corrected chi connectivity index (χ3v) is 8.16. The molecule has 3 rings (SSSR count). The van der Waals surface area contributed by atoms with Gasteiger partial charge in [0.05, 0.1) is 10.6 Å². The summed E-state index contributed by atoms with van der Waals surface area (Å²) in [6.45, 7) is 0.106. The van der Waals surface area contributed by atoms with E-state index in [4.69, 9.17) is 11.6 Å². The number of nitrogens with one attached hydrogen (secondary N) is 1. The van der Waals surface area contributed by atoms with Crippen LogP contribution in [0.2, 0.25) is 5.02 Å². The van der Waals surface area contributed by atoms with Gasteiger partial charge in [-0.3, -0.25) is 9.10 Å². The Balaban J connectivity index is 1.63. The van der Waals surface area contributed by atoms with E-state index in [0.29, 0.717) is 18.0 Å². The van der Waals surface area contributed by atoms with Crippen molar-refractivity contribution in [1.29, 1.82) is 0 Å². The smallest absolute Gasteiger partial charge is 0.264 e. The number of sulfonamides is 1. The summed E-state index contributed by atoms with van der Waals surface area (Å²) >= 11 is 11.2. The number of carbonyl (C=O) groups excluding carboxylic acids is 1. The first kappa shape index (κ1) is 24.6. The highest BCUT2D eigenvalue weighted by Crippen LogP contribution is 2.26. The van der Waals surface area contributed by atoms with Crippen molar-refractivity contribution in [2.24, 2.45) is 0 Å². The van der Waals surface area contributed by atoms with Gasteiger partial charge in [-0.25, -0.2) is 8.42 Å². The first-order valence-corrected chi connectivity index (χ1v) is 13.6. The maximum absolute atomic E-state index is 13.3. The van der Waals surface area contributed by atoms with Crippen LogP contribution in [0.1, 0.15) is 5.56 Å². The molecule has 0 spiro atoms. The number of carbonyl (C=O) groups is 1. The molecule has 32 heavy (non-hydrogen) atoms. The van der Waals surface area contributed by atoms with Crippen molar-refractivity contribution < 1.29 is 13.2 Å². The minimum absolute atomic E-state index is 0.128. The minimum Gasteiger partial charge on any atom is -0.354 e. The van der Waals surface area contributed by atoms with Crippen LogP contribution >= 0.6 is 39.3 Å². The molecule has 1 amide bonds. The fraction of sp³-hybridized carbons (Fsp3) is 0.174. The van der Waals surface area contributed by atoms with Gasteiger partial charge in [-0.05, 0) is 42.0 Å². The zero-order chi connectivity index (χ0) is 23.0. The second-order valence-corrected chi connectivity index (χ2v) is 11.1. The SMILES string of the molecule is O=C(CN(c1cccc(Br)c1)S(=O)(=O)c1ccccc1)NCCSCc1ccccc1Cl. The standard InChI is InChI=1S/C23H22BrClN2O3S2/c24-19-8-6-9-20(15-19)27(32(29,30)21-10-2-1-3-11-21)16-23(28)26-13-14-31-17-18-7-4-5-12-22(18)25/h1-12,15H,13-14,16-17H2,(H,26,28). The van der Waals surface area contributed by atoms with Crippen LogP contribution in [-0.2, 0) is 20.6 Å². The Bertz CT molecular complexity index is 1160. The number of anilines is 1. The minimum atomic E-state index is -3.91. The summed E-state index contributed by atoms with van der Waals surface area (Å²) in [4.78, 5) is 12.7. The fourth-order valence-corrected chi connectivity index (χ4v) is 5.88. The lowest BCUT2D eigenvalue weighted by molar-refractivity contribution is -0.119. The summed E-state index contributed by atoms with van der Waals surface area (Å²) in [5.41, 5.74) is 1.45. The third kappa shape index (κ3) is 6.75. The number of rotatable bonds is 10. The summed E-state index contributed by atoms with van der Waals surface area (Å²) in [5.74, 6) is 1.05. The maximum Gasteiger partial charge on any atom is 0.264 e. The first-order chi connectivity index (χ1) is 15.4. The number of hydrogen-bond acceptors (Lipinski definition) is 4. The van der Waals surface area contributed by atoms with Crippen molar-refractivity contribution >= 4 is 60.9 Å². The van der Waals surface area contributed by atoms with Crippen LogP contribution in [0.3, 0.4) is 0 Å². The molecule has 0 aliphatic carbocycles.